The second-order valence-corrected chi connectivity index (χ2v) is 7.11. The summed E-state index contributed by atoms with van der Waals surface area (Å²) in [6.45, 7) is 1.98. The Balaban J connectivity index is 0.00000156. The molecule has 2 unspecified atom stereocenters. The van der Waals surface area contributed by atoms with Crippen LogP contribution in [0.2, 0.25) is 0 Å². The van der Waals surface area contributed by atoms with E-state index in [0.717, 1.165) is 37.4 Å². The van der Waals surface area contributed by atoms with Crippen LogP contribution in [-0.4, -0.2) is 29.9 Å². The van der Waals surface area contributed by atoms with Crippen LogP contribution in [0.3, 0.4) is 0 Å². The molecule has 2 aliphatic heterocycles. The zero-order valence-electron chi connectivity index (χ0n) is 13.7. The van der Waals surface area contributed by atoms with Crippen LogP contribution >= 0.6 is 12.4 Å². The first-order chi connectivity index (χ1) is 10.8. The van der Waals surface area contributed by atoms with Crippen molar-refractivity contribution >= 4 is 24.0 Å². The van der Waals surface area contributed by atoms with Gasteiger partial charge in [0.1, 0.15) is 0 Å². The Morgan fingerprint density at radius 2 is 1.91 bits per heavy atom. The Hall–Kier alpha value is -1.22. The molecule has 4 heteroatoms. The molecule has 1 aliphatic carbocycles. The van der Waals surface area contributed by atoms with Crippen LogP contribution in [0.1, 0.15) is 60.9 Å². The van der Waals surface area contributed by atoms with Crippen LogP contribution in [0.5, 0.6) is 0 Å². The second kappa shape index (κ2) is 7.12. The highest BCUT2D eigenvalue weighted by molar-refractivity contribution is 5.97. The number of amides is 1. The van der Waals surface area contributed by atoms with Gasteiger partial charge in [0.05, 0.1) is 0 Å². The zero-order chi connectivity index (χ0) is 14.9. The van der Waals surface area contributed by atoms with E-state index in [4.69, 9.17) is 0 Å². The number of halogens is 1. The number of hydrogen-bond donors (Lipinski definition) is 1. The summed E-state index contributed by atoms with van der Waals surface area (Å²) in [5.74, 6) is 1.04. The summed E-state index contributed by atoms with van der Waals surface area (Å²) < 4.78 is 0. The number of likely N-dealkylation sites (tertiary alicyclic amines) is 1. The number of hydrogen-bond acceptors (Lipinski definition) is 2. The number of nitrogens with one attached hydrogen (secondary N) is 1. The van der Waals surface area contributed by atoms with E-state index in [1.54, 1.807) is 0 Å². The van der Waals surface area contributed by atoms with Gasteiger partial charge in [-0.1, -0.05) is 18.9 Å². The number of piperidine rings is 1. The van der Waals surface area contributed by atoms with Gasteiger partial charge in [0, 0.05) is 30.4 Å². The minimum Gasteiger partial charge on any atom is -0.385 e. The molecule has 0 radical (unpaired) electrons. The number of benzene rings is 1. The number of carbonyl (C=O) groups is 1. The summed E-state index contributed by atoms with van der Waals surface area (Å²) in [6, 6.07) is 6.69. The standard InChI is InChI=1S/C19H26N2O.ClH/c22-19(16-8-3-10-17-15(16)9-4-12-20-17)21-13-5-7-14-6-1-2-11-18(14)21;/h3,8,10,14,18,20H,1-2,4-7,9,11-13H2;1H. The molecule has 2 heterocycles. The minimum absolute atomic E-state index is 0. The first kappa shape index (κ1) is 16.6. The van der Waals surface area contributed by atoms with Crippen LogP contribution < -0.4 is 5.32 Å². The first-order valence-corrected chi connectivity index (χ1v) is 9.01. The quantitative estimate of drug-likeness (QED) is 0.832. The highest BCUT2D eigenvalue weighted by Crippen LogP contribution is 2.37. The zero-order valence-corrected chi connectivity index (χ0v) is 14.5. The summed E-state index contributed by atoms with van der Waals surface area (Å²) in [7, 11) is 0. The van der Waals surface area contributed by atoms with E-state index >= 15 is 0 Å². The molecule has 0 bridgehead atoms. The topological polar surface area (TPSA) is 32.3 Å². The van der Waals surface area contributed by atoms with E-state index in [1.807, 2.05) is 12.1 Å². The largest absolute Gasteiger partial charge is 0.385 e. The van der Waals surface area contributed by atoms with Crippen molar-refractivity contribution in [1.82, 2.24) is 4.90 Å². The predicted molar refractivity (Wildman–Crippen MR) is 96.5 cm³/mol. The molecule has 1 saturated heterocycles. The molecular weight excluding hydrogens is 308 g/mol. The molecule has 0 spiro atoms. The summed E-state index contributed by atoms with van der Waals surface area (Å²) in [5.41, 5.74) is 3.38. The molecular formula is C19H27ClN2O. The van der Waals surface area contributed by atoms with Gasteiger partial charge in [-0.25, -0.2) is 0 Å². The van der Waals surface area contributed by atoms with Gasteiger partial charge < -0.3 is 10.2 Å². The lowest BCUT2D eigenvalue weighted by molar-refractivity contribution is 0.0389. The predicted octanol–water partition coefficient (Wildman–Crippen LogP) is 4.26. The van der Waals surface area contributed by atoms with Crippen molar-refractivity contribution < 1.29 is 4.79 Å². The maximum absolute atomic E-state index is 13.2. The van der Waals surface area contributed by atoms with Crippen molar-refractivity contribution in [3.05, 3.63) is 29.3 Å². The van der Waals surface area contributed by atoms with Crippen LogP contribution in [0.25, 0.3) is 0 Å². The monoisotopic (exact) mass is 334 g/mol. The number of carbonyl (C=O) groups excluding carboxylic acids is 1. The van der Waals surface area contributed by atoms with E-state index < -0.39 is 0 Å². The second-order valence-electron chi connectivity index (χ2n) is 7.11. The Labute approximate surface area is 145 Å². The molecule has 2 fully saturated rings. The van der Waals surface area contributed by atoms with Crippen molar-refractivity contribution in [3.63, 3.8) is 0 Å². The van der Waals surface area contributed by atoms with Gasteiger partial charge in [0.15, 0.2) is 0 Å². The van der Waals surface area contributed by atoms with Gasteiger partial charge in [-0.05, 0) is 62.1 Å². The first-order valence-electron chi connectivity index (χ1n) is 9.01. The minimum atomic E-state index is 0. The van der Waals surface area contributed by atoms with E-state index in [9.17, 15) is 4.79 Å². The van der Waals surface area contributed by atoms with E-state index in [2.05, 4.69) is 16.3 Å². The van der Waals surface area contributed by atoms with Crippen LogP contribution in [-0.2, 0) is 6.42 Å². The summed E-state index contributed by atoms with van der Waals surface area (Å²) in [6.07, 6.45) is 9.85. The summed E-state index contributed by atoms with van der Waals surface area (Å²) in [5, 5.41) is 3.45. The van der Waals surface area contributed by atoms with Crippen LogP contribution in [0.15, 0.2) is 18.2 Å². The Kier molecular flexibility index (Phi) is 5.15. The number of nitrogens with zero attached hydrogens (tertiary/aromatic N) is 1. The number of rotatable bonds is 1. The lowest BCUT2D eigenvalue weighted by atomic mass is 9.78. The van der Waals surface area contributed by atoms with Crippen LogP contribution in [0.4, 0.5) is 5.69 Å². The fraction of sp³-hybridized carbons (Fsp3) is 0.632. The Bertz CT molecular complexity index is 572. The fourth-order valence-corrected chi connectivity index (χ4v) is 4.74. The number of fused-ring (bicyclic) bond motifs is 2. The van der Waals surface area contributed by atoms with Gasteiger partial charge in [0.2, 0.25) is 0 Å². The molecule has 126 valence electrons. The molecule has 3 nitrogen and oxygen atoms in total. The van der Waals surface area contributed by atoms with Gasteiger partial charge in [-0.2, -0.15) is 0 Å². The lowest BCUT2D eigenvalue weighted by Crippen LogP contribution is -2.49. The summed E-state index contributed by atoms with van der Waals surface area (Å²) >= 11 is 0. The van der Waals surface area contributed by atoms with Gasteiger partial charge in [-0.15, -0.1) is 12.4 Å². The van der Waals surface area contributed by atoms with Crippen molar-refractivity contribution in [2.24, 2.45) is 5.92 Å². The summed E-state index contributed by atoms with van der Waals surface area (Å²) in [4.78, 5) is 15.4. The number of anilines is 1. The molecule has 3 aliphatic rings. The fourth-order valence-electron chi connectivity index (χ4n) is 4.74. The average molecular weight is 335 g/mol. The van der Waals surface area contributed by atoms with E-state index in [0.29, 0.717) is 6.04 Å². The third kappa shape index (κ3) is 3.08. The van der Waals surface area contributed by atoms with Crippen molar-refractivity contribution in [2.75, 3.05) is 18.4 Å². The molecule has 1 aromatic rings. The van der Waals surface area contributed by atoms with Crippen molar-refractivity contribution in [3.8, 4) is 0 Å². The molecule has 23 heavy (non-hydrogen) atoms. The average Bonchev–Trinajstić information content (AvgIpc) is 2.60. The molecule has 0 aromatic heterocycles. The van der Waals surface area contributed by atoms with Gasteiger partial charge in [-0.3, -0.25) is 4.79 Å². The van der Waals surface area contributed by atoms with Crippen molar-refractivity contribution in [1.29, 1.82) is 0 Å². The molecule has 1 saturated carbocycles. The molecule has 2 atom stereocenters. The smallest absolute Gasteiger partial charge is 0.254 e. The SMILES string of the molecule is Cl.O=C(c1cccc2c1CCCN2)N1CCCC2CCCCC21. The van der Waals surface area contributed by atoms with Gasteiger partial charge in [0.25, 0.3) is 5.91 Å². The van der Waals surface area contributed by atoms with Crippen LogP contribution in [0, 0.1) is 5.92 Å². The maximum atomic E-state index is 13.2. The lowest BCUT2D eigenvalue weighted by Gasteiger charge is -2.44. The highest BCUT2D eigenvalue weighted by Gasteiger charge is 2.36. The van der Waals surface area contributed by atoms with Gasteiger partial charge >= 0.3 is 0 Å². The third-order valence-electron chi connectivity index (χ3n) is 5.83. The van der Waals surface area contributed by atoms with E-state index in [1.165, 1.54) is 49.8 Å². The maximum Gasteiger partial charge on any atom is 0.254 e. The molecule has 1 amide bonds. The normalized spacial score (nSPS) is 26.3. The Morgan fingerprint density at radius 3 is 2.83 bits per heavy atom. The molecule has 1 N–H and O–H groups in total. The highest BCUT2D eigenvalue weighted by atomic mass is 35.5. The Morgan fingerprint density at radius 1 is 1.09 bits per heavy atom. The van der Waals surface area contributed by atoms with Crippen molar-refractivity contribution in [2.45, 2.75) is 57.4 Å². The van der Waals surface area contributed by atoms with E-state index in [-0.39, 0.29) is 18.3 Å². The third-order valence-corrected chi connectivity index (χ3v) is 5.83. The molecule has 4 rings (SSSR count). The molecule has 1 aromatic carbocycles.